The number of piperidine rings is 1. The smallest absolute Gasteiger partial charge is 0.310 e. The fraction of sp³-hybridized carbons (Fsp3) is 0.944. The van der Waals surface area contributed by atoms with Gasteiger partial charge in [-0.25, -0.2) is 0 Å². The van der Waals surface area contributed by atoms with E-state index in [1.807, 2.05) is 0 Å². The molecule has 4 unspecified atom stereocenters. The van der Waals surface area contributed by atoms with Crippen molar-refractivity contribution in [1.82, 2.24) is 4.90 Å². The molecule has 3 heteroatoms. The third kappa shape index (κ3) is 3.13. The number of fused-ring (bicyclic) bond motifs is 1. The Labute approximate surface area is 129 Å². The zero-order chi connectivity index (χ0) is 14.9. The zero-order valence-corrected chi connectivity index (χ0v) is 13.5. The van der Waals surface area contributed by atoms with Crippen molar-refractivity contribution >= 4 is 5.97 Å². The minimum absolute atomic E-state index is 0.461. The van der Waals surface area contributed by atoms with E-state index in [0.29, 0.717) is 12.0 Å². The first-order chi connectivity index (χ1) is 10.1. The van der Waals surface area contributed by atoms with Gasteiger partial charge in [0, 0.05) is 12.6 Å². The van der Waals surface area contributed by atoms with Gasteiger partial charge in [-0.05, 0) is 56.9 Å². The predicted molar refractivity (Wildman–Crippen MR) is 84.3 cm³/mol. The summed E-state index contributed by atoms with van der Waals surface area (Å²) >= 11 is 0. The maximum absolute atomic E-state index is 12.0. The van der Waals surface area contributed by atoms with Crippen LogP contribution in [0.5, 0.6) is 0 Å². The van der Waals surface area contributed by atoms with Crippen molar-refractivity contribution in [2.24, 2.45) is 17.3 Å². The molecule has 1 N–H and O–H groups in total. The fourth-order valence-electron chi connectivity index (χ4n) is 5.38. The molecule has 3 rings (SSSR count). The maximum Gasteiger partial charge on any atom is 0.310 e. The molecular formula is C18H31NO2. The molecular weight excluding hydrogens is 262 g/mol. The Morgan fingerprint density at radius 3 is 2.67 bits per heavy atom. The quantitative estimate of drug-likeness (QED) is 0.857. The van der Waals surface area contributed by atoms with E-state index in [-0.39, 0.29) is 0 Å². The molecule has 21 heavy (non-hydrogen) atoms. The van der Waals surface area contributed by atoms with Crippen molar-refractivity contribution in [2.75, 3.05) is 13.1 Å². The van der Waals surface area contributed by atoms with Gasteiger partial charge in [-0.1, -0.05) is 32.6 Å². The van der Waals surface area contributed by atoms with E-state index in [1.165, 1.54) is 44.9 Å². The van der Waals surface area contributed by atoms with E-state index >= 15 is 0 Å². The standard InChI is InChI=1S/C18H31NO2/c1-14-6-4-10-18(12-14,17(20)21)13-19-11-5-8-15-7-2-3-9-16(15)19/h14-16H,2-13H2,1H3,(H,20,21). The average molecular weight is 293 g/mol. The van der Waals surface area contributed by atoms with Crippen LogP contribution in [0.25, 0.3) is 0 Å². The van der Waals surface area contributed by atoms with Crippen LogP contribution in [0.2, 0.25) is 0 Å². The maximum atomic E-state index is 12.0. The lowest BCUT2D eigenvalue weighted by molar-refractivity contribution is -0.155. The first-order valence-corrected chi connectivity index (χ1v) is 9.08. The Balaban J connectivity index is 1.74. The molecule has 1 aliphatic heterocycles. The second-order valence-electron chi connectivity index (χ2n) is 8.01. The van der Waals surface area contributed by atoms with Crippen LogP contribution < -0.4 is 0 Å². The molecule has 0 aromatic rings. The van der Waals surface area contributed by atoms with E-state index in [0.717, 1.165) is 38.3 Å². The molecule has 0 spiro atoms. The number of likely N-dealkylation sites (tertiary alicyclic amines) is 1. The van der Waals surface area contributed by atoms with Crippen LogP contribution in [-0.4, -0.2) is 35.1 Å². The fourth-order valence-corrected chi connectivity index (χ4v) is 5.38. The van der Waals surface area contributed by atoms with Crippen molar-refractivity contribution in [3.05, 3.63) is 0 Å². The zero-order valence-electron chi connectivity index (χ0n) is 13.5. The molecule has 3 fully saturated rings. The van der Waals surface area contributed by atoms with Crippen LogP contribution in [0.1, 0.15) is 71.1 Å². The van der Waals surface area contributed by atoms with Crippen molar-refractivity contribution in [1.29, 1.82) is 0 Å². The highest BCUT2D eigenvalue weighted by molar-refractivity contribution is 5.75. The van der Waals surface area contributed by atoms with Gasteiger partial charge < -0.3 is 5.11 Å². The molecule has 120 valence electrons. The van der Waals surface area contributed by atoms with E-state index in [2.05, 4.69) is 11.8 Å². The molecule has 0 amide bonds. The molecule has 4 atom stereocenters. The first kappa shape index (κ1) is 15.3. The van der Waals surface area contributed by atoms with Gasteiger partial charge >= 0.3 is 5.97 Å². The molecule has 1 heterocycles. The highest BCUT2D eigenvalue weighted by Crippen LogP contribution is 2.43. The molecule has 3 aliphatic rings. The molecule has 2 saturated carbocycles. The van der Waals surface area contributed by atoms with Crippen molar-refractivity contribution < 1.29 is 9.90 Å². The van der Waals surface area contributed by atoms with E-state index < -0.39 is 11.4 Å². The summed E-state index contributed by atoms with van der Waals surface area (Å²) in [5.41, 5.74) is -0.461. The predicted octanol–water partition coefficient (Wildman–Crippen LogP) is 3.92. The summed E-state index contributed by atoms with van der Waals surface area (Å²) in [4.78, 5) is 14.6. The number of hydrogen-bond donors (Lipinski definition) is 1. The minimum atomic E-state index is -0.535. The molecule has 2 aliphatic carbocycles. The van der Waals surface area contributed by atoms with Crippen molar-refractivity contribution in [3.63, 3.8) is 0 Å². The lowest BCUT2D eigenvalue weighted by Gasteiger charge is -2.48. The largest absolute Gasteiger partial charge is 0.481 e. The molecule has 0 aromatic heterocycles. The summed E-state index contributed by atoms with van der Waals surface area (Å²) in [6, 6.07) is 0.681. The van der Waals surface area contributed by atoms with E-state index in [9.17, 15) is 9.90 Å². The van der Waals surface area contributed by atoms with Gasteiger partial charge in [0.15, 0.2) is 0 Å². The summed E-state index contributed by atoms with van der Waals surface area (Å²) in [6.45, 7) is 4.18. The minimum Gasteiger partial charge on any atom is -0.481 e. The van der Waals surface area contributed by atoms with Crippen LogP contribution in [0.4, 0.5) is 0 Å². The monoisotopic (exact) mass is 293 g/mol. The number of hydrogen-bond acceptors (Lipinski definition) is 2. The van der Waals surface area contributed by atoms with Gasteiger partial charge in [0.2, 0.25) is 0 Å². The third-order valence-electron chi connectivity index (χ3n) is 6.41. The van der Waals surface area contributed by atoms with Crippen LogP contribution in [0, 0.1) is 17.3 Å². The number of nitrogens with zero attached hydrogens (tertiary/aromatic N) is 1. The molecule has 0 aromatic carbocycles. The molecule has 0 radical (unpaired) electrons. The highest BCUT2D eigenvalue weighted by Gasteiger charge is 2.45. The second-order valence-corrected chi connectivity index (χ2v) is 8.01. The van der Waals surface area contributed by atoms with Gasteiger partial charge in [-0.15, -0.1) is 0 Å². The highest BCUT2D eigenvalue weighted by atomic mass is 16.4. The van der Waals surface area contributed by atoms with E-state index in [4.69, 9.17) is 0 Å². The molecule has 3 nitrogen and oxygen atoms in total. The number of carboxylic acids is 1. The normalized spacial score (nSPS) is 41.5. The Hall–Kier alpha value is -0.570. The number of carbonyl (C=O) groups is 1. The van der Waals surface area contributed by atoms with Gasteiger partial charge in [0.25, 0.3) is 0 Å². The Bertz CT molecular complexity index is 381. The Kier molecular flexibility index (Phi) is 4.58. The summed E-state index contributed by atoms with van der Waals surface area (Å²) in [7, 11) is 0. The van der Waals surface area contributed by atoms with E-state index in [1.54, 1.807) is 0 Å². The van der Waals surface area contributed by atoms with Crippen LogP contribution in [0.3, 0.4) is 0 Å². The third-order valence-corrected chi connectivity index (χ3v) is 6.41. The van der Waals surface area contributed by atoms with Gasteiger partial charge in [0.05, 0.1) is 5.41 Å². The number of carboxylic acid groups (broad SMARTS) is 1. The number of aliphatic carboxylic acids is 1. The van der Waals surface area contributed by atoms with Gasteiger partial charge in [0.1, 0.15) is 0 Å². The van der Waals surface area contributed by atoms with Crippen molar-refractivity contribution in [3.8, 4) is 0 Å². The summed E-state index contributed by atoms with van der Waals surface area (Å²) in [6.07, 6.45) is 12.1. The summed E-state index contributed by atoms with van der Waals surface area (Å²) in [5, 5.41) is 9.91. The topological polar surface area (TPSA) is 40.5 Å². The lowest BCUT2D eigenvalue weighted by atomic mass is 9.68. The van der Waals surface area contributed by atoms with Crippen molar-refractivity contribution in [2.45, 2.75) is 77.2 Å². The van der Waals surface area contributed by atoms with Crippen LogP contribution >= 0.6 is 0 Å². The summed E-state index contributed by atoms with van der Waals surface area (Å²) < 4.78 is 0. The summed E-state index contributed by atoms with van der Waals surface area (Å²) in [5.74, 6) is 0.883. The number of rotatable bonds is 3. The SMILES string of the molecule is CC1CCCC(CN2CCCC3CCCCC32)(C(=O)O)C1. The van der Waals surface area contributed by atoms with Gasteiger partial charge in [-0.2, -0.15) is 0 Å². The first-order valence-electron chi connectivity index (χ1n) is 9.08. The second kappa shape index (κ2) is 6.28. The average Bonchev–Trinajstić information content (AvgIpc) is 2.47. The van der Waals surface area contributed by atoms with Crippen LogP contribution in [-0.2, 0) is 4.79 Å². The van der Waals surface area contributed by atoms with Gasteiger partial charge in [-0.3, -0.25) is 9.69 Å². The Morgan fingerprint density at radius 2 is 1.90 bits per heavy atom. The Morgan fingerprint density at radius 1 is 1.14 bits per heavy atom. The molecule has 0 bridgehead atoms. The van der Waals surface area contributed by atoms with Crippen LogP contribution in [0.15, 0.2) is 0 Å². The molecule has 1 saturated heterocycles. The lowest BCUT2D eigenvalue weighted by Crippen LogP contribution is -2.53.